The van der Waals surface area contributed by atoms with Gasteiger partial charge in [0.25, 0.3) is 0 Å². The molecule has 1 fully saturated rings. The van der Waals surface area contributed by atoms with Crippen LogP contribution < -0.4 is 5.32 Å². The molecule has 3 nitrogen and oxygen atoms in total. The number of rotatable bonds is 5. The van der Waals surface area contributed by atoms with Crippen LogP contribution >= 0.6 is 0 Å². The van der Waals surface area contributed by atoms with Gasteiger partial charge in [0, 0.05) is 12.3 Å². The highest BCUT2D eigenvalue weighted by molar-refractivity contribution is 7.90. The number of nitrogens with one attached hydrogen (secondary N) is 1. The maximum absolute atomic E-state index is 11.1. The highest BCUT2D eigenvalue weighted by Gasteiger charge is 2.23. The minimum Gasteiger partial charge on any atom is -0.313 e. The molecule has 3 unspecified atom stereocenters. The van der Waals surface area contributed by atoms with E-state index >= 15 is 0 Å². The molecule has 0 saturated heterocycles. The van der Waals surface area contributed by atoms with Crippen LogP contribution in [0.3, 0.4) is 0 Å². The SMILES string of the molecule is CC(CS(C)(=O)=O)NCC1CCCC1C. The van der Waals surface area contributed by atoms with E-state index in [2.05, 4.69) is 12.2 Å². The van der Waals surface area contributed by atoms with E-state index in [1.54, 1.807) is 0 Å². The van der Waals surface area contributed by atoms with Gasteiger partial charge in [0.1, 0.15) is 9.84 Å². The lowest BCUT2D eigenvalue weighted by Crippen LogP contribution is -2.36. The van der Waals surface area contributed by atoms with Gasteiger partial charge in [-0.3, -0.25) is 0 Å². The summed E-state index contributed by atoms with van der Waals surface area (Å²) in [7, 11) is -2.85. The Balaban J connectivity index is 2.25. The zero-order valence-electron chi connectivity index (χ0n) is 9.99. The summed E-state index contributed by atoms with van der Waals surface area (Å²) in [6.07, 6.45) is 5.24. The first-order valence-corrected chi connectivity index (χ1v) is 7.85. The first kappa shape index (κ1) is 13.0. The molecular formula is C11H23NO2S. The predicted octanol–water partition coefficient (Wildman–Crippen LogP) is 1.45. The van der Waals surface area contributed by atoms with Gasteiger partial charge in [0.2, 0.25) is 0 Å². The Bertz CT molecular complexity index is 287. The number of hydrogen-bond acceptors (Lipinski definition) is 3. The van der Waals surface area contributed by atoms with Crippen molar-refractivity contribution in [2.75, 3.05) is 18.6 Å². The van der Waals surface area contributed by atoms with E-state index in [0.29, 0.717) is 0 Å². The smallest absolute Gasteiger partial charge is 0.148 e. The molecule has 0 spiro atoms. The molecule has 0 aromatic carbocycles. The Hall–Kier alpha value is -0.0900. The van der Waals surface area contributed by atoms with Crippen LogP contribution in [0.4, 0.5) is 0 Å². The van der Waals surface area contributed by atoms with Gasteiger partial charge in [0.15, 0.2) is 0 Å². The molecule has 1 aliphatic carbocycles. The summed E-state index contributed by atoms with van der Waals surface area (Å²) in [5.41, 5.74) is 0. The summed E-state index contributed by atoms with van der Waals surface area (Å²) in [4.78, 5) is 0. The van der Waals surface area contributed by atoms with Gasteiger partial charge in [-0.25, -0.2) is 8.42 Å². The maximum atomic E-state index is 11.1. The molecule has 1 aliphatic rings. The van der Waals surface area contributed by atoms with Gasteiger partial charge in [-0.15, -0.1) is 0 Å². The second-order valence-corrected chi connectivity index (χ2v) is 7.25. The van der Waals surface area contributed by atoms with Gasteiger partial charge < -0.3 is 5.32 Å². The second-order valence-electron chi connectivity index (χ2n) is 5.07. The van der Waals surface area contributed by atoms with E-state index in [4.69, 9.17) is 0 Å². The molecule has 0 aliphatic heterocycles. The third-order valence-electron chi connectivity index (χ3n) is 3.32. The van der Waals surface area contributed by atoms with E-state index < -0.39 is 9.84 Å². The summed E-state index contributed by atoms with van der Waals surface area (Å²) in [5.74, 6) is 1.78. The van der Waals surface area contributed by atoms with Crippen LogP contribution in [-0.2, 0) is 9.84 Å². The first-order valence-electron chi connectivity index (χ1n) is 5.79. The van der Waals surface area contributed by atoms with Crippen LogP contribution in [0, 0.1) is 11.8 Å². The summed E-state index contributed by atoms with van der Waals surface area (Å²) < 4.78 is 22.1. The molecule has 0 aromatic heterocycles. The lowest BCUT2D eigenvalue weighted by atomic mass is 9.98. The molecule has 1 saturated carbocycles. The van der Waals surface area contributed by atoms with Gasteiger partial charge >= 0.3 is 0 Å². The van der Waals surface area contributed by atoms with Gasteiger partial charge in [0.05, 0.1) is 5.75 Å². The highest BCUT2D eigenvalue weighted by atomic mass is 32.2. The molecule has 3 atom stereocenters. The molecule has 15 heavy (non-hydrogen) atoms. The van der Waals surface area contributed by atoms with Crippen LogP contribution in [0.1, 0.15) is 33.1 Å². The average Bonchev–Trinajstić information content (AvgIpc) is 2.44. The molecule has 0 bridgehead atoms. The second kappa shape index (κ2) is 5.30. The summed E-state index contributed by atoms with van der Waals surface area (Å²) in [6.45, 7) is 5.21. The Morgan fingerprint density at radius 1 is 1.40 bits per heavy atom. The fourth-order valence-electron chi connectivity index (χ4n) is 2.39. The summed E-state index contributed by atoms with van der Waals surface area (Å²) >= 11 is 0. The lowest BCUT2D eigenvalue weighted by molar-refractivity contribution is 0.378. The summed E-state index contributed by atoms with van der Waals surface area (Å²) in [5, 5.41) is 3.33. The quantitative estimate of drug-likeness (QED) is 0.781. The van der Waals surface area contributed by atoms with Crippen molar-refractivity contribution in [2.45, 2.75) is 39.2 Å². The standard InChI is InChI=1S/C11H23NO2S/c1-9-5-4-6-11(9)7-12-10(2)8-15(3,13)14/h9-12H,4-8H2,1-3H3. The Morgan fingerprint density at radius 2 is 2.07 bits per heavy atom. The minimum atomic E-state index is -2.85. The van der Waals surface area contributed by atoms with Crippen LogP contribution in [0.15, 0.2) is 0 Å². The molecule has 90 valence electrons. The third kappa shape index (κ3) is 4.98. The summed E-state index contributed by atoms with van der Waals surface area (Å²) in [6, 6.07) is 0.0767. The van der Waals surface area contributed by atoms with Gasteiger partial charge in [-0.2, -0.15) is 0 Å². The fourth-order valence-corrected chi connectivity index (χ4v) is 3.42. The van der Waals surface area contributed by atoms with Gasteiger partial charge in [-0.1, -0.05) is 19.8 Å². The molecular weight excluding hydrogens is 210 g/mol. The zero-order chi connectivity index (χ0) is 11.5. The number of hydrogen-bond donors (Lipinski definition) is 1. The van der Waals surface area contributed by atoms with Crippen LogP contribution in [-0.4, -0.2) is 33.0 Å². The minimum absolute atomic E-state index is 0.0767. The van der Waals surface area contributed by atoms with Crippen molar-refractivity contribution >= 4 is 9.84 Å². The molecule has 0 amide bonds. The zero-order valence-corrected chi connectivity index (χ0v) is 10.8. The van der Waals surface area contributed by atoms with Crippen molar-refractivity contribution in [3.8, 4) is 0 Å². The molecule has 1 rings (SSSR count). The van der Waals surface area contributed by atoms with Crippen molar-refractivity contribution in [1.82, 2.24) is 5.32 Å². The van der Waals surface area contributed by atoms with E-state index in [0.717, 1.165) is 18.4 Å². The van der Waals surface area contributed by atoms with Crippen LogP contribution in [0.5, 0.6) is 0 Å². The molecule has 0 aromatic rings. The topological polar surface area (TPSA) is 46.2 Å². The lowest BCUT2D eigenvalue weighted by Gasteiger charge is -2.19. The molecule has 0 radical (unpaired) electrons. The van der Waals surface area contributed by atoms with Gasteiger partial charge in [-0.05, 0) is 31.7 Å². The normalized spacial score (nSPS) is 29.3. The Morgan fingerprint density at radius 3 is 2.53 bits per heavy atom. The molecule has 4 heteroatoms. The highest BCUT2D eigenvalue weighted by Crippen LogP contribution is 2.30. The molecule has 1 N–H and O–H groups in total. The van der Waals surface area contributed by atoms with Crippen molar-refractivity contribution in [3.05, 3.63) is 0 Å². The first-order chi connectivity index (χ1) is 6.88. The van der Waals surface area contributed by atoms with Crippen molar-refractivity contribution in [3.63, 3.8) is 0 Å². The largest absolute Gasteiger partial charge is 0.313 e. The van der Waals surface area contributed by atoms with Crippen molar-refractivity contribution in [2.24, 2.45) is 11.8 Å². The fraction of sp³-hybridized carbons (Fsp3) is 1.00. The molecule has 0 heterocycles. The van der Waals surface area contributed by atoms with E-state index in [-0.39, 0.29) is 11.8 Å². The van der Waals surface area contributed by atoms with Crippen molar-refractivity contribution < 1.29 is 8.42 Å². The van der Waals surface area contributed by atoms with E-state index in [1.807, 2.05) is 6.92 Å². The third-order valence-corrected chi connectivity index (χ3v) is 4.43. The van der Waals surface area contributed by atoms with Crippen molar-refractivity contribution in [1.29, 1.82) is 0 Å². The van der Waals surface area contributed by atoms with E-state index in [9.17, 15) is 8.42 Å². The monoisotopic (exact) mass is 233 g/mol. The number of sulfone groups is 1. The predicted molar refractivity (Wildman–Crippen MR) is 63.7 cm³/mol. The Kier molecular flexibility index (Phi) is 4.59. The maximum Gasteiger partial charge on any atom is 0.148 e. The van der Waals surface area contributed by atoms with Crippen LogP contribution in [0.25, 0.3) is 0 Å². The average molecular weight is 233 g/mol. The Labute approximate surface area is 93.6 Å². The van der Waals surface area contributed by atoms with E-state index in [1.165, 1.54) is 25.5 Å². The van der Waals surface area contributed by atoms with Crippen LogP contribution in [0.2, 0.25) is 0 Å².